The lowest BCUT2D eigenvalue weighted by Gasteiger charge is -2.38. The normalized spacial score (nSPS) is 27.4. The Hall–Kier alpha value is -2.42. The number of rotatable bonds is 7. The molecule has 8 nitrogen and oxygen atoms in total. The van der Waals surface area contributed by atoms with Crippen molar-refractivity contribution in [1.29, 1.82) is 0 Å². The average Bonchev–Trinajstić information content (AvgIpc) is 3.32. The minimum atomic E-state index is 0.475. The predicted octanol–water partition coefficient (Wildman–Crippen LogP) is 2.64. The van der Waals surface area contributed by atoms with Crippen molar-refractivity contribution in [1.82, 2.24) is 25.7 Å². The van der Waals surface area contributed by atoms with Gasteiger partial charge in [-0.05, 0) is 68.8 Å². The molecule has 3 heterocycles. The smallest absolute Gasteiger partial charge is 0.227 e. The second kappa shape index (κ2) is 10.2. The zero-order valence-corrected chi connectivity index (χ0v) is 19.8. The number of ether oxygens (including phenoxy) is 1. The van der Waals surface area contributed by atoms with E-state index in [9.17, 15) is 0 Å². The number of nitrogens with zero attached hydrogens (tertiary/aromatic N) is 4. The summed E-state index contributed by atoms with van der Waals surface area (Å²) in [5.41, 5.74) is 8.00. The summed E-state index contributed by atoms with van der Waals surface area (Å²) < 4.78 is 5.39. The third-order valence-corrected chi connectivity index (χ3v) is 7.50. The summed E-state index contributed by atoms with van der Waals surface area (Å²) in [5.74, 6) is 3.42. The second-order valence-electron chi connectivity index (χ2n) is 9.80. The van der Waals surface area contributed by atoms with Crippen molar-refractivity contribution in [2.75, 3.05) is 44.0 Å². The highest BCUT2D eigenvalue weighted by Crippen LogP contribution is 2.29. The number of aromatic nitrogens is 2. The van der Waals surface area contributed by atoms with Crippen molar-refractivity contribution >= 4 is 11.8 Å². The summed E-state index contributed by atoms with van der Waals surface area (Å²) in [7, 11) is 3.94. The van der Waals surface area contributed by atoms with E-state index in [0.29, 0.717) is 24.0 Å². The van der Waals surface area contributed by atoms with Gasteiger partial charge in [0.25, 0.3) is 0 Å². The van der Waals surface area contributed by atoms with Gasteiger partial charge in [0.05, 0.1) is 7.11 Å². The van der Waals surface area contributed by atoms with Crippen LogP contribution in [0.25, 0.3) is 0 Å². The van der Waals surface area contributed by atoms with Crippen LogP contribution in [-0.2, 0) is 6.54 Å². The molecule has 178 valence electrons. The average molecular weight is 452 g/mol. The van der Waals surface area contributed by atoms with Gasteiger partial charge in [-0.1, -0.05) is 12.1 Å². The summed E-state index contributed by atoms with van der Waals surface area (Å²) in [6.07, 6.45) is 7.82. The summed E-state index contributed by atoms with van der Waals surface area (Å²) in [6.45, 7) is 3.94. The minimum absolute atomic E-state index is 0.475. The first-order valence-corrected chi connectivity index (χ1v) is 12.3. The summed E-state index contributed by atoms with van der Waals surface area (Å²) in [6, 6.07) is 12.0. The lowest BCUT2D eigenvalue weighted by atomic mass is 9.83. The molecule has 8 heteroatoms. The van der Waals surface area contributed by atoms with Crippen LogP contribution in [0.15, 0.2) is 36.5 Å². The first kappa shape index (κ1) is 22.4. The van der Waals surface area contributed by atoms with Gasteiger partial charge < -0.3 is 15.0 Å². The van der Waals surface area contributed by atoms with Crippen molar-refractivity contribution in [2.24, 2.45) is 5.92 Å². The molecule has 3 N–H and O–H groups in total. The maximum atomic E-state index is 5.39. The maximum absolute atomic E-state index is 5.39. The van der Waals surface area contributed by atoms with Gasteiger partial charge in [0.2, 0.25) is 5.95 Å². The standard InChI is InChI=1S/C25H37N7O/c1-31(16-18-5-3-7-22(13-18)33-2)21-6-4-12-32(17-21)25-26-11-10-24(29-25)28-20-8-9-23-19(14-20)15-27-30-23/h3,5,7,10-11,13,19-21,23,27,30H,4,6,8-9,12,14-17H2,1-2H3,(H,26,28,29). The van der Waals surface area contributed by atoms with E-state index in [0.717, 1.165) is 50.1 Å². The molecule has 3 aliphatic rings. The fourth-order valence-corrected chi connectivity index (χ4v) is 5.61. The molecular formula is C25H37N7O. The maximum Gasteiger partial charge on any atom is 0.227 e. The number of hydrogen-bond donors (Lipinski definition) is 3. The van der Waals surface area contributed by atoms with Crippen LogP contribution in [-0.4, -0.2) is 66.8 Å². The molecule has 0 radical (unpaired) electrons. The van der Waals surface area contributed by atoms with Crippen LogP contribution in [0.4, 0.5) is 11.8 Å². The van der Waals surface area contributed by atoms with E-state index in [2.05, 4.69) is 56.2 Å². The van der Waals surface area contributed by atoms with Crippen molar-refractivity contribution in [3.8, 4) is 5.75 Å². The first-order chi connectivity index (χ1) is 16.2. The molecular weight excluding hydrogens is 414 g/mol. The highest BCUT2D eigenvalue weighted by atomic mass is 16.5. The summed E-state index contributed by atoms with van der Waals surface area (Å²) in [5, 5.41) is 3.69. The van der Waals surface area contributed by atoms with Gasteiger partial charge in [-0.25, -0.2) is 4.98 Å². The van der Waals surface area contributed by atoms with Gasteiger partial charge in [0.15, 0.2) is 0 Å². The van der Waals surface area contributed by atoms with Gasteiger partial charge in [-0.3, -0.25) is 15.8 Å². The SMILES string of the molecule is COc1cccc(CN(C)C2CCCN(c3nccc(NC4CCC5NNCC5C4)n3)C2)c1. The molecule has 4 atom stereocenters. The lowest BCUT2D eigenvalue weighted by Crippen LogP contribution is -2.46. The molecule has 0 spiro atoms. The zero-order chi connectivity index (χ0) is 22.6. The molecule has 1 aromatic heterocycles. The largest absolute Gasteiger partial charge is 0.497 e. The Kier molecular flexibility index (Phi) is 6.94. The third-order valence-electron chi connectivity index (χ3n) is 7.50. The number of benzene rings is 1. The number of hydrogen-bond acceptors (Lipinski definition) is 8. The van der Waals surface area contributed by atoms with Crippen molar-refractivity contribution in [3.63, 3.8) is 0 Å². The van der Waals surface area contributed by atoms with Crippen LogP contribution in [0.5, 0.6) is 5.75 Å². The van der Waals surface area contributed by atoms with Crippen LogP contribution < -0.4 is 25.8 Å². The Balaban J connectivity index is 1.19. The summed E-state index contributed by atoms with van der Waals surface area (Å²) >= 11 is 0. The molecule has 1 aromatic carbocycles. The predicted molar refractivity (Wildman–Crippen MR) is 131 cm³/mol. The van der Waals surface area contributed by atoms with E-state index >= 15 is 0 Å². The van der Waals surface area contributed by atoms with Crippen LogP contribution in [0.2, 0.25) is 0 Å². The van der Waals surface area contributed by atoms with Crippen molar-refractivity contribution in [3.05, 3.63) is 42.1 Å². The van der Waals surface area contributed by atoms with E-state index in [1.165, 1.54) is 31.2 Å². The van der Waals surface area contributed by atoms with Gasteiger partial charge >= 0.3 is 0 Å². The van der Waals surface area contributed by atoms with E-state index < -0.39 is 0 Å². The van der Waals surface area contributed by atoms with Gasteiger partial charge in [0, 0.05) is 50.5 Å². The number of likely N-dealkylation sites (N-methyl/N-ethyl adjacent to an activating group) is 1. The number of methoxy groups -OCH3 is 1. The first-order valence-electron chi connectivity index (χ1n) is 12.3. The van der Waals surface area contributed by atoms with E-state index in [-0.39, 0.29) is 0 Å². The monoisotopic (exact) mass is 451 g/mol. The third kappa shape index (κ3) is 5.39. The Morgan fingerprint density at radius 2 is 2.18 bits per heavy atom. The zero-order valence-electron chi connectivity index (χ0n) is 19.8. The molecule has 2 aromatic rings. The van der Waals surface area contributed by atoms with Crippen molar-refractivity contribution < 1.29 is 4.74 Å². The molecule has 33 heavy (non-hydrogen) atoms. The van der Waals surface area contributed by atoms with Crippen LogP contribution in [0, 0.1) is 5.92 Å². The fraction of sp³-hybridized carbons (Fsp3) is 0.600. The Morgan fingerprint density at radius 3 is 3.09 bits per heavy atom. The minimum Gasteiger partial charge on any atom is -0.497 e. The molecule has 2 aliphatic heterocycles. The van der Waals surface area contributed by atoms with E-state index in [1.807, 2.05) is 18.3 Å². The Morgan fingerprint density at radius 1 is 1.24 bits per heavy atom. The van der Waals surface area contributed by atoms with Gasteiger partial charge in [-0.2, -0.15) is 4.98 Å². The van der Waals surface area contributed by atoms with Gasteiger partial charge in [-0.15, -0.1) is 0 Å². The van der Waals surface area contributed by atoms with Crippen LogP contribution in [0.1, 0.15) is 37.7 Å². The number of hydrazine groups is 1. The lowest BCUT2D eigenvalue weighted by molar-refractivity contribution is 0.207. The molecule has 4 unspecified atom stereocenters. The number of fused-ring (bicyclic) bond motifs is 1. The molecule has 1 aliphatic carbocycles. The highest BCUT2D eigenvalue weighted by Gasteiger charge is 2.34. The molecule has 5 rings (SSSR count). The number of anilines is 2. The van der Waals surface area contributed by atoms with Crippen LogP contribution >= 0.6 is 0 Å². The summed E-state index contributed by atoms with van der Waals surface area (Å²) in [4.78, 5) is 14.3. The molecule has 2 saturated heterocycles. The molecule has 0 bridgehead atoms. The van der Waals surface area contributed by atoms with Gasteiger partial charge in [0.1, 0.15) is 11.6 Å². The number of piperidine rings is 1. The Bertz CT molecular complexity index is 925. The molecule has 3 fully saturated rings. The topological polar surface area (TPSA) is 77.6 Å². The van der Waals surface area contributed by atoms with E-state index in [4.69, 9.17) is 9.72 Å². The van der Waals surface area contributed by atoms with E-state index in [1.54, 1.807) is 7.11 Å². The van der Waals surface area contributed by atoms with Crippen molar-refractivity contribution in [2.45, 2.75) is 56.8 Å². The Labute approximate surface area is 197 Å². The van der Waals surface area contributed by atoms with Crippen LogP contribution in [0.3, 0.4) is 0 Å². The molecule has 1 saturated carbocycles. The highest BCUT2D eigenvalue weighted by molar-refractivity contribution is 5.42. The fourth-order valence-electron chi connectivity index (χ4n) is 5.61. The molecule has 0 amide bonds. The number of nitrogens with one attached hydrogen (secondary N) is 3. The quantitative estimate of drug-likeness (QED) is 0.593. The second-order valence-corrected chi connectivity index (χ2v) is 9.80.